The van der Waals surface area contributed by atoms with Crippen molar-refractivity contribution in [1.82, 2.24) is 25.4 Å². The second-order valence-electron chi connectivity index (χ2n) is 7.59. The van der Waals surface area contributed by atoms with Gasteiger partial charge in [-0.2, -0.15) is 0 Å². The first kappa shape index (κ1) is 19.3. The van der Waals surface area contributed by atoms with E-state index in [4.69, 9.17) is 0 Å². The van der Waals surface area contributed by atoms with Crippen LogP contribution in [-0.2, 0) is 11.3 Å². The highest BCUT2D eigenvalue weighted by Gasteiger charge is 2.31. The van der Waals surface area contributed by atoms with E-state index in [0.29, 0.717) is 6.04 Å². The summed E-state index contributed by atoms with van der Waals surface area (Å²) >= 11 is 0. The highest BCUT2D eigenvalue weighted by atomic mass is 16.1. The van der Waals surface area contributed by atoms with Gasteiger partial charge in [0.05, 0.1) is 5.92 Å². The van der Waals surface area contributed by atoms with Crippen molar-refractivity contribution in [2.24, 2.45) is 5.92 Å². The molecule has 1 aromatic rings. The SMILES string of the molecule is CNCCNC(=O)[C@H]1CCCN(C2CCN(Cc3ccncc3)CC2)C1. The van der Waals surface area contributed by atoms with Crippen molar-refractivity contribution in [3.63, 3.8) is 0 Å². The molecular weight excluding hydrogens is 326 g/mol. The van der Waals surface area contributed by atoms with Crippen LogP contribution in [0.5, 0.6) is 0 Å². The summed E-state index contributed by atoms with van der Waals surface area (Å²) in [5, 5.41) is 6.14. The number of hydrogen-bond donors (Lipinski definition) is 2. The minimum atomic E-state index is 0.162. The van der Waals surface area contributed by atoms with Gasteiger partial charge in [-0.3, -0.25) is 19.6 Å². The Morgan fingerprint density at radius 1 is 1.15 bits per heavy atom. The number of piperidine rings is 2. The van der Waals surface area contributed by atoms with Crippen molar-refractivity contribution < 1.29 is 4.79 Å². The molecule has 0 radical (unpaired) electrons. The lowest BCUT2D eigenvalue weighted by atomic mass is 9.93. The molecule has 0 aliphatic carbocycles. The van der Waals surface area contributed by atoms with Crippen molar-refractivity contribution in [1.29, 1.82) is 0 Å². The zero-order chi connectivity index (χ0) is 18.2. The smallest absolute Gasteiger partial charge is 0.224 e. The Hall–Kier alpha value is -1.50. The molecule has 3 rings (SSSR count). The minimum absolute atomic E-state index is 0.162. The molecule has 3 heterocycles. The summed E-state index contributed by atoms with van der Waals surface area (Å²) in [5.74, 6) is 0.399. The third-order valence-corrected chi connectivity index (χ3v) is 5.73. The van der Waals surface area contributed by atoms with Crippen molar-refractivity contribution in [2.45, 2.75) is 38.3 Å². The lowest BCUT2D eigenvalue weighted by molar-refractivity contribution is -0.127. The molecule has 2 saturated heterocycles. The summed E-state index contributed by atoms with van der Waals surface area (Å²) in [6.45, 7) is 6.93. The molecule has 1 amide bonds. The monoisotopic (exact) mass is 359 g/mol. The maximum atomic E-state index is 12.4. The Morgan fingerprint density at radius 2 is 1.92 bits per heavy atom. The van der Waals surface area contributed by atoms with Crippen LogP contribution in [0.1, 0.15) is 31.2 Å². The first-order chi connectivity index (χ1) is 12.8. The molecule has 26 heavy (non-hydrogen) atoms. The highest BCUT2D eigenvalue weighted by Crippen LogP contribution is 2.24. The van der Waals surface area contributed by atoms with Crippen LogP contribution in [0.15, 0.2) is 24.5 Å². The van der Waals surface area contributed by atoms with Crippen LogP contribution in [0.2, 0.25) is 0 Å². The first-order valence-electron chi connectivity index (χ1n) is 10.0. The molecule has 0 spiro atoms. The summed E-state index contributed by atoms with van der Waals surface area (Å²) in [4.78, 5) is 21.6. The van der Waals surface area contributed by atoms with Crippen LogP contribution in [0.4, 0.5) is 0 Å². The molecule has 0 unspecified atom stereocenters. The highest BCUT2D eigenvalue weighted by molar-refractivity contribution is 5.78. The molecule has 0 saturated carbocycles. The average molecular weight is 360 g/mol. The minimum Gasteiger partial charge on any atom is -0.355 e. The quantitative estimate of drug-likeness (QED) is 0.714. The average Bonchev–Trinajstić information content (AvgIpc) is 2.69. The van der Waals surface area contributed by atoms with E-state index in [-0.39, 0.29) is 11.8 Å². The third-order valence-electron chi connectivity index (χ3n) is 5.73. The topological polar surface area (TPSA) is 60.5 Å². The summed E-state index contributed by atoms with van der Waals surface area (Å²) < 4.78 is 0. The van der Waals surface area contributed by atoms with Crippen LogP contribution in [0.3, 0.4) is 0 Å². The van der Waals surface area contributed by atoms with E-state index in [2.05, 4.69) is 37.6 Å². The van der Waals surface area contributed by atoms with E-state index in [1.807, 2.05) is 19.4 Å². The van der Waals surface area contributed by atoms with Crippen LogP contribution < -0.4 is 10.6 Å². The molecule has 2 N–H and O–H groups in total. The zero-order valence-corrected chi connectivity index (χ0v) is 16.0. The number of amides is 1. The summed E-state index contributed by atoms with van der Waals surface area (Å²) in [6.07, 6.45) is 8.33. The number of carbonyl (C=O) groups excluding carboxylic acids is 1. The predicted molar refractivity (Wildman–Crippen MR) is 104 cm³/mol. The molecular formula is C20H33N5O. The fourth-order valence-corrected chi connectivity index (χ4v) is 4.20. The Kier molecular flexibility index (Phi) is 7.41. The van der Waals surface area contributed by atoms with Crippen molar-refractivity contribution in [2.75, 3.05) is 46.3 Å². The van der Waals surface area contributed by atoms with Gasteiger partial charge in [0, 0.05) is 44.6 Å². The number of pyridine rings is 1. The maximum absolute atomic E-state index is 12.4. The Morgan fingerprint density at radius 3 is 2.65 bits per heavy atom. The Balaban J connectivity index is 1.43. The van der Waals surface area contributed by atoms with Crippen molar-refractivity contribution >= 4 is 5.91 Å². The molecule has 2 aliphatic rings. The van der Waals surface area contributed by atoms with Gasteiger partial charge in [-0.15, -0.1) is 0 Å². The molecule has 0 bridgehead atoms. The fraction of sp³-hybridized carbons (Fsp3) is 0.700. The van der Waals surface area contributed by atoms with Gasteiger partial charge in [0.2, 0.25) is 5.91 Å². The van der Waals surface area contributed by atoms with Gasteiger partial charge in [0.25, 0.3) is 0 Å². The van der Waals surface area contributed by atoms with Crippen LogP contribution in [-0.4, -0.2) is 73.0 Å². The predicted octanol–water partition coefficient (Wildman–Crippen LogP) is 1.09. The normalized spacial score (nSPS) is 23.0. The standard InChI is InChI=1S/C20H33N5O/c1-21-10-11-23-20(26)18-3-2-12-25(16-18)19-6-13-24(14-7-19)15-17-4-8-22-9-5-17/h4-5,8-9,18-19,21H,2-3,6-7,10-16H2,1H3,(H,23,26)/t18-/m0/s1. The van der Waals surface area contributed by atoms with Crippen LogP contribution in [0.25, 0.3) is 0 Å². The van der Waals surface area contributed by atoms with Gasteiger partial charge in [-0.1, -0.05) is 0 Å². The van der Waals surface area contributed by atoms with Gasteiger partial charge >= 0.3 is 0 Å². The Labute approximate surface area is 157 Å². The van der Waals surface area contributed by atoms with E-state index < -0.39 is 0 Å². The molecule has 6 nitrogen and oxygen atoms in total. The summed E-state index contributed by atoms with van der Waals surface area (Å²) in [6, 6.07) is 4.85. The molecule has 0 aromatic carbocycles. The second kappa shape index (κ2) is 10.00. The number of nitrogens with one attached hydrogen (secondary N) is 2. The van der Waals surface area contributed by atoms with Gasteiger partial charge in [-0.05, 0) is 70.1 Å². The van der Waals surface area contributed by atoms with E-state index in [9.17, 15) is 4.79 Å². The molecule has 1 aromatic heterocycles. The van der Waals surface area contributed by atoms with Gasteiger partial charge in [0.15, 0.2) is 0 Å². The molecule has 6 heteroatoms. The van der Waals surface area contributed by atoms with Crippen LogP contribution >= 0.6 is 0 Å². The lowest BCUT2D eigenvalue weighted by Crippen LogP contribution is -2.51. The lowest BCUT2D eigenvalue weighted by Gasteiger charge is -2.42. The van der Waals surface area contributed by atoms with Crippen molar-refractivity contribution in [3.05, 3.63) is 30.1 Å². The number of nitrogens with zero attached hydrogens (tertiary/aromatic N) is 3. The Bertz CT molecular complexity index is 544. The number of aromatic nitrogens is 1. The molecule has 1 atom stereocenters. The van der Waals surface area contributed by atoms with Gasteiger partial charge < -0.3 is 10.6 Å². The number of likely N-dealkylation sites (tertiary alicyclic amines) is 2. The first-order valence-corrected chi connectivity index (χ1v) is 10.0. The van der Waals surface area contributed by atoms with E-state index in [1.54, 1.807) is 0 Å². The van der Waals surface area contributed by atoms with E-state index >= 15 is 0 Å². The van der Waals surface area contributed by atoms with E-state index in [1.165, 1.54) is 18.4 Å². The second-order valence-corrected chi connectivity index (χ2v) is 7.59. The number of carbonyl (C=O) groups is 1. The van der Waals surface area contributed by atoms with E-state index in [0.717, 1.165) is 58.7 Å². The number of rotatable bonds is 7. The molecule has 144 valence electrons. The maximum Gasteiger partial charge on any atom is 0.224 e. The van der Waals surface area contributed by atoms with Crippen molar-refractivity contribution in [3.8, 4) is 0 Å². The largest absolute Gasteiger partial charge is 0.355 e. The zero-order valence-electron chi connectivity index (χ0n) is 16.0. The van der Waals surface area contributed by atoms with Gasteiger partial charge in [-0.25, -0.2) is 0 Å². The summed E-state index contributed by atoms with van der Waals surface area (Å²) in [5.41, 5.74) is 1.34. The van der Waals surface area contributed by atoms with Gasteiger partial charge in [0.1, 0.15) is 0 Å². The number of hydrogen-bond acceptors (Lipinski definition) is 5. The number of likely N-dealkylation sites (N-methyl/N-ethyl adjacent to an activating group) is 1. The van der Waals surface area contributed by atoms with Crippen LogP contribution in [0, 0.1) is 5.92 Å². The molecule has 2 aliphatic heterocycles. The summed E-state index contributed by atoms with van der Waals surface area (Å²) in [7, 11) is 1.91. The molecule has 2 fully saturated rings. The fourth-order valence-electron chi connectivity index (χ4n) is 4.20. The third kappa shape index (κ3) is 5.50.